The third-order valence-corrected chi connectivity index (χ3v) is 5.12. The van der Waals surface area contributed by atoms with E-state index >= 15 is 0 Å². The molecule has 0 spiro atoms. The van der Waals surface area contributed by atoms with Crippen LogP contribution in [-0.4, -0.2) is 11.5 Å². The molecule has 0 saturated carbocycles. The van der Waals surface area contributed by atoms with Gasteiger partial charge >= 0.3 is 0 Å². The molecule has 2 nitrogen and oxygen atoms in total. The van der Waals surface area contributed by atoms with Crippen molar-refractivity contribution in [3.05, 3.63) is 0 Å². The average molecular weight is 341 g/mol. The second kappa shape index (κ2) is 20.7. The highest BCUT2D eigenvalue weighted by molar-refractivity contribution is 8.03. The van der Waals surface area contributed by atoms with Crippen LogP contribution < -0.4 is 0 Å². The predicted molar refractivity (Wildman–Crippen MR) is 101 cm³/mol. The standard InChI is InChI=1S/C18H32N2S2/c19-17-21-15-13-11-9-7-5-3-1-2-4-6-8-10-12-14-16-22-18-20/h1-16H2. The summed E-state index contributed by atoms with van der Waals surface area (Å²) in [4.78, 5) is 0. The van der Waals surface area contributed by atoms with E-state index < -0.39 is 0 Å². The van der Waals surface area contributed by atoms with Gasteiger partial charge in [-0.1, -0.05) is 77.0 Å². The number of hydrogen-bond donors (Lipinski definition) is 0. The molecular weight excluding hydrogens is 308 g/mol. The predicted octanol–water partition coefficient (Wildman–Crippen LogP) is 6.88. The van der Waals surface area contributed by atoms with Crippen molar-refractivity contribution >= 4 is 23.5 Å². The molecule has 126 valence electrons. The fourth-order valence-corrected chi connectivity index (χ4v) is 3.44. The van der Waals surface area contributed by atoms with Crippen LogP contribution in [0.4, 0.5) is 0 Å². The van der Waals surface area contributed by atoms with E-state index in [-0.39, 0.29) is 0 Å². The Labute approximate surface area is 146 Å². The molecule has 0 rings (SSSR count). The third kappa shape index (κ3) is 19.7. The summed E-state index contributed by atoms with van der Waals surface area (Å²) in [5.41, 5.74) is 0. The summed E-state index contributed by atoms with van der Waals surface area (Å²) in [5, 5.41) is 21.1. The smallest absolute Gasteiger partial charge is 0.133 e. The third-order valence-electron chi connectivity index (χ3n) is 3.87. The van der Waals surface area contributed by atoms with Gasteiger partial charge in [0.05, 0.1) is 0 Å². The molecule has 0 aliphatic rings. The van der Waals surface area contributed by atoms with Crippen molar-refractivity contribution in [1.82, 2.24) is 0 Å². The average Bonchev–Trinajstić information content (AvgIpc) is 2.54. The van der Waals surface area contributed by atoms with Crippen molar-refractivity contribution in [1.29, 1.82) is 10.5 Å². The van der Waals surface area contributed by atoms with Gasteiger partial charge in [-0.25, -0.2) is 0 Å². The lowest BCUT2D eigenvalue weighted by atomic mass is 10.0. The molecule has 0 N–H and O–H groups in total. The lowest BCUT2D eigenvalue weighted by molar-refractivity contribution is 0.539. The van der Waals surface area contributed by atoms with Gasteiger partial charge in [0.2, 0.25) is 0 Å². The van der Waals surface area contributed by atoms with Crippen molar-refractivity contribution in [2.24, 2.45) is 0 Å². The van der Waals surface area contributed by atoms with Crippen LogP contribution >= 0.6 is 23.5 Å². The Morgan fingerprint density at radius 3 is 0.864 bits per heavy atom. The van der Waals surface area contributed by atoms with Crippen molar-refractivity contribution in [3.8, 4) is 10.8 Å². The summed E-state index contributed by atoms with van der Waals surface area (Å²) < 4.78 is 0. The summed E-state index contributed by atoms with van der Waals surface area (Å²) in [6, 6.07) is 0. The van der Waals surface area contributed by atoms with Gasteiger partial charge in [0, 0.05) is 11.5 Å². The molecule has 0 aromatic rings. The first-order valence-corrected chi connectivity index (χ1v) is 10.9. The maximum atomic E-state index is 8.40. The summed E-state index contributed by atoms with van der Waals surface area (Å²) in [7, 11) is 0. The van der Waals surface area contributed by atoms with Gasteiger partial charge in [0.15, 0.2) is 0 Å². The first-order chi connectivity index (χ1) is 10.9. The van der Waals surface area contributed by atoms with Gasteiger partial charge < -0.3 is 0 Å². The zero-order valence-corrected chi connectivity index (χ0v) is 15.7. The Hall–Kier alpha value is -0.320. The quantitative estimate of drug-likeness (QED) is 0.214. The summed E-state index contributed by atoms with van der Waals surface area (Å²) in [6.07, 6.45) is 18.8. The van der Waals surface area contributed by atoms with E-state index in [2.05, 4.69) is 10.8 Å². The van der Waals surface area contributed by atoms with Crippen LogP contribution in [0.5, 0.6) is 0 Å². The van der Waals surface area contributed by atoms with Gasteiger partial charge in [0.25, 0.3) is 0 Å². The molecule has 0 saturated heterocycles. The molecule has 0 radical (unpaired) electrons. The van der Waals surface area contributed by atoms with Crippen molar-refractivity contribution in [2.75, 3.05) is 11.5 Å². The molecule has 0 unspecified atom stereocenters. The number of hydrogen-bond acceptors (Lipinski definition) is 4. The topological polar surface area (TPSA) is 47.6 Å². The van der Waals surface area contributed by atoms with Crippen LogP contribution in [0, 0.1) is 21.3 Å². The maximum Gasteiger partial charge on any atom is 0.133 e. The second-order valence-electron chi connectivity index (χ2n) is 5.83. The lowest BCUT2D eigenvalue weighted by Crippen LogP contribution is -1.84. The van der Waals surface area contributed by atoms with E-state index in [0.717, 1.165) is 11.5 Å². The lowest BCUT2D eigenvalue weighted by Gasteiger charge is -2.03. The molecule has 0 atom stereocenters. The highest BCUT2D eigenvalue weighted by Gasteiger charge is 1.95. The number of nitrogens with zero attached hydrogens (tertiary/aromatic N) is 2. The highest BCUT2D eigenvalue weighted by Crippen LogP contribution is 2.14. The zero-order valence-electron chi connectivity index (χ0n) is 14.0. The summed E-state index contributed by atoms with van der Waals surface area (Å²) in [5.74, 6) is 2.02. The van der Waals surface area contributed by atoms with Gasteiger partial charge in [-0.15, -0.1) is 0 Å². The van der Waals surface area contributed by atoms with Crippen molar-refractivity contribution in [2.45, 2.75) is 89.9 Å². The largest absolute Gasteiger partial charge is 0.185 e. The molecule has 0 heterocycles. The molecule has 0 aromatic heterocycles. The van der Waals surface area contributed by atoms with E-state index in [9.17, 15) is 0 Å². The Morgan fingerprint density at radius 1 is 0.409 bits per heavy atom. The zero-order chi connectivity index (χ0) is 16.1. The second-order valence-corrected chi connectivity index (χ2v) is 7.59. The van der Waals surface area contributed by atoms with Crippen molar-refractivity contribution in [3.63, 3.8) is 0 Å². The Kier molecular flexibility index (Phi) is 20.4. The van der Waals surface area contributed by atoms with Crippen LogP contribution in [0.15, 0.2) is 0 Å². The Balaban J connectivity index is 2.94. The minimum atomic E-state index is 1.01. The summed E-state index contributed by atoms with van der Waals surface area (Å²) >= 11 is 2.77. The van der Waals surface area contributed by atoms with Gasteiger partial charge in [0.1, 0.15) is 10.8 Å². The SMILES string of the molecule is N#CSCCCCCCCCCCCCCCCCSC#N. The maximum absolute atomic E-state index is 8.40. The molecule has 0 amide bonds. The number of thiocyanates is 2. The molecule has 0 aliphatic carbocycles. The molecular formula is C18H32N2S2. The molecule has 22 heavy (non-hydrogen) atoms. The van der Waals surface area contributed by atoms with E-state index in [0.29, 0.717) is 0 Å². The minimum absolute atomic E-state index is 1.01. The van der Waals surface area contributed by atoms with Crippen LogP contribution in [0.2, 0.25) is 0 Å². The van der Waals surface area contributed by atoms with E-state index in [1.54, 1.807) is 0 Å². The molecule has 0 aliphatic heterocycles. The first-order valence-electron chi connectivity index (χ1n) is 8.93. The molecule has 4 heteroatoms. The molecule has 0 fully saturated rings. The van der Waals surface area contributed by atoms with Gasteiger partial charge in [-0.2, -0.15) is 10.5 Å². The monoisotopic (exact) mass is 340 g/mol. The van der Waals surface area contributed by atoms with E-state index in [1.165, 1.54) is 113 Å². The van der Waals surface area contributed by atoms with Gasteiger partial charge in [-0.05, 0) is 36.4 Å². The normalized spacial score (nSPS) is 10.3. The first kappa shape index (κ1) is 21.7. The van der Waals surface area contributed by atoms with E-state index in [1.807, 2.05) is 0 Å². The minimum Gasteiger partial charge on any atom is -0.185 e. The summed E-state index contributed by atoms with van der Waals surface area (Å²) in [6.45, 7) is 0. The number of unbranched alkanes of at least 4 members (excludes halogenated alkanes) is 13. The molecule has 0 bridgehead atoms. The Morgan fingerprint density at radius 2 is 0.636 bits per heavy atom. The van der Waals surface area contributed by atoms with Crippen LogP contribution in [0.1, 0.15) is 89.9 Å². The van der Waals surface area contributed by atoms with Crippen LogP contribution in [-0.2, 0) is 0 Å². The fourth-order valence-electron chi connectivity index (χ4n) is 2.56. The fraction of sp³-hybridized carbons (Fsp3) is 0.889. The highest BCUT2D eigenvalue weighted by atomic mass is 32.2. The van der Waals surface area contributed by atoms with Crippen LogP contribution in [0.3, 0.4) is 0 Å². The Bertz CT molecular complexity index is 264. The van der Waals surface area contributed by atoms with Gasteiger partial charge in [-0.3, -0.25) is 0 Å². The molecule has 0 aromatic carbocycles. The number of nitriles is 2. The van der Waals surface area contributed by atoms with Crippen LogP contribution in [0.25, 0.3) is 0 Å². The number of rotatable bonds is 17. The van der Waals surface area contributed by atoms with E-state index in [4.69, 9.17) is 10.5 Å². The van der Waals surface area contributed by atoms with Crippen molar-refractivity contribution < 1.29 is 0 Å². The number of thioether (sulfide) groups is 2.